The van der Waals surface area contributed by atoms with E-state index in [0.29, 0.717) is 23.9 Å². The monoisotopic (exact) mass is 435 g/mol. The van der Waals surface area contributed by atoms with Crippen LogP contribution in [-0.2, 0) is 11.2 Å². The number of carboxylic acid groups (broad SMARTS) is 1. The number of pyridine rings is 1. The summed E-state index contributed by atoms with van der Waals surface area (Å²) in [5.41, 5.74) is 1.32. The molecule has 1 amide bonds. The van der Waals surface area contributed by atoms with E-state index in [0.717, 1.165) is 31.3 Å². The van der Waals surface area contributed by atoms with Gasteiger partial charge in [-0.25, -0.2) is 9.97 Å². The maximum Gasteiger partial charge on any atom is 0.322 e. The number of aromatic nitrogens is 3. The summed E-state index contributed by atoms with van der Waals surface area (Å²) in [6.07, 6.45) is 6.18. The van der Waals surface area contributed by atoms with Gasteiger partial charge in [0, 0.05) is 48.4 Å². The van der Waals surface area contributed by atoms with Crippen LogP contribution in [0.4, 0.5) is 5.69 Å². The summed E-state index contributed by atoms with van der Waals surface area (Å²) in [5.74, 6) is -1.39. The topological polar surface area (TPSA) is 129 Å². The summed E-state index contributed by atoms with van der Waals surface area (Å²) in [6, 6.07) is 8.29. The number of hydrogen-bond donors (Lipinski definition) is 3. The molecule has 1 fully saturated rings. The van der Waals surface area contributed by atoms with Crippen LogP contribution in [0.2, 0.25) is 0 Å². The van der Waals surface area contributed by atoms with Crippen LogP contribution in [0.15, 0.2) is 36.7 Å². The molecular weight excluding hydrogens is 410 g/mol. The first-order valence-electron chi connectivity index (χ1n) is 10.6. The summed E-state index contributed by atoms with van der Waals surface area (Å²) >= 11 is 0. The highest BCUT2D eigenvalue weighted by Gasteiger charge is 2.24. The first-order valence-corrected chi connectivity index (χ1v) is 10.6. The lowest BCUT2D eigenvalue weighted by atomic mass is 9.92. The molecule has 0 radical (unpaired) electrons. The number of piperidine rings is 1. The van der Waals surface area contributed by atoms with Gasteiger partial charge in [-0.05, 0) is 37.8 Å². The average molecular weight is 435 g/mol. The number of carbonyl (C=O) groups is 2. The summed E-state index contributed by atoms with van der Waals surface area (Å²) in [7, 11) is 0. The highest BCUT2D eigenvalue weighted by molar-refractivity contribution is 5.96. The highest BCUT2D eigenvalue weighted by Crippen LogP contribution is 2.31. The van der Waals surface area contributed by atoms with Crippen molar-refractivity contribution >= 4 is 28.3 Å². The van der Waals surface area contributed by atoms with Crippen LogP contribution in [0.5, 0.6) is 5.75 Å². The zero-order valence-corrected chi connectivity index (χ0v) is 17.8. The van der Waals surface area contributed by atoms with Gasteiger partial charge in [-0.1, -0.05) is 12.1 Å². The Balaban J connectivity index is 1.44. The zero-order valence-electron chi connectivity index (χ0n) is 17.8. The predicted molar refractivity (Wildman–Crippen MR) is 119 cm³/mol. The third kappa shape index (κ3) is 4.61. The highest BCUT2D eigenvalue weighted by atomic mass is 16.4. The van der Waals surface area contributed by atoms with E-state index in [-0.39, 0.29) is 11.4 Å². The molecule has 3 N–H and O–H groups in total. The molecule has 0 bridgehead atoms. The predicted octanol–water partition coefficient (Wildman–Crippen LogP) is 2.31. The summed E-state index contributed by atoms with van der Waals surface area (Å²) in [6.45, 7) is 2.86. The van der Waals surface area contributed by atoms with Crippen LogP contribution in [0.25, 0.3) is 10.8 Å². The summed E-state index contributed by atoms with van der Waals surface area (Å²) in [5, 5.41) is 23.5. The molecule has 1 aromatic carbocycles. The molecule has 9 nitrogen and oxygen atoms in total. The second-order valence-corrected chi connectivity index (χ2v) is 8.01. The van der Waals surface area contributed by atoms with Crippen LogP contribution < -0.4 is 10.2 Å². The molecule has 0 saturated carbocycles. The fourth-order valence-electron chi connectivity index (χ4n) is 4.13. The molecule has 4 rings (SSSR count). The average Bonchev–Trinajstić information content (AvgIpc) is 2.80. The van der Waals surface area contributed by atoms with E-state index >= 15 is 0 Å². The van der Waals surface area contributed by atoms with E-state index in [1.165, 1.54) is 11.1 Å². The second kappa shape index (κ2) is 9.17. The van der Waals surface area contributed by atoms with Crippen LogP contribution in [0, 0.1) is 12.8 Å². The quantitative estimate of drug-likeness (QED) is 0.538. The summed E-state index contributed by atoms with van der Waals surface area (Å²) in [4.78, 5) is 38.1. The molecule has 0 aliphatic carbocycles. The Bertz CT molecular complexity index is 1150. The van der Waals surface area contributed by atoms with Gasteiger partial charge in [-0.2, -0.15) is 0 Å². The largest absolute Gasteiger partial charge is 0.504 e. The molecule has 32 heavy (non-hydrogen) atoms. The lowest BCUT2D eigenvalue weighted by Crippen LogP contribution is -2.34. The van der Waals surface area contributed by atoms with Crippen molar-refractivity contribution in [1.29, 1.82) is 0 Å². The number of anilines is 1. The Morgan fingerprint density at radius 1 is 1.19 bits per heavy atom. The Labute approximate surface area is 185 Å². The Kier molecular flexibility index (Phi) is 6.16. The lowest BCUT2D eigenvalue weighted by Gasteiger charge is -2.34. The van der Waals surface area contributed by atoms with Crippen molar-refractivity contribution in [2.45, 2.75) is 26.2 Å². The van der Waals surface area contributed by atoms with E-state index in [1.807, 2.05) is 18.5 Å². The number of nitrogens with one attached hydrogen (secondary N) is 1. The van der Waals surface area contributed by atoms with Crippen molar-refractivity contribution in [2.75, 3.05) is 24.5 Å². The molecular formula is C23H25N5O4. The van der Waals surface area contributed by atoms with Gasteiger partial charge < -0.3 is 20.4 Å². The Morgan fingerprint density at radius 3 is 2.72 bits per heavy atom. The van der Waals surface area contributed by atoms with Crippen LogP contribution in [0.3, 0.4) is 0 Å². The molecule has 2 aromatic heterocycles. The number of aliphatic carboxylic acids is 1. The van der Waals surface area contributed by atoms with Crippen molar-refractivity contribution in [3.8, 4) is 5.75 Å². The normalized spacial score (nSPS) is 14.5. The molecule has 3 heterocycles. The maximum atomic E-state index is 12.2. The first kappa shape index (κ1) is 21.5. The van der Waals surface area contributed by atoms with E-state index in [2.05, 4.69) is 43.4 Å². The van der Waals surface area contributed by atoms with Crippen molar-refractivity contribution in [2.24, 2.45) is 5.92 Å². The number of hydrogen-bond acceptors (Lipinski definition) is 7. The Morgan fingerprint density at radius 2 is 1.97 bits per heavy atom. The van der Waals surface area contributed by atoms with Crippen molar-refractivity contribution < 1.29 is 19.8 Å². The van der Waals surface area contributed by atoms with Gasteiger partial charge in [-0.15, -0.1) is 0 Å². The number of rotatable bonds is 6. The minimum Gasteiger partial charge on any atom is -0.504 e. The molecule has 1 saturated heterocycles. The van der Waals surface area contributed by atoms with E-state index < -0.39 is 18.4 Å². The van der Waals surface area contributed by atoms with Gasteiger partial charge in [0.2, 0.25) is 0 Å². The third-order valence-corrected chi connectivity index (χ3v) is 5.80. The number of amides is 1. The standard InChI is InChI=1S/C23H25N5O4/c1-14-22(31)21(23(32)25-13-20(29)30)27-19(26-14)11-15-6-9-28(10-7-15)18-4-2-3-16-12-24-8-5-17(16)18/h2-5,8,12,15,31H,6-7,9-11,13H2,1H3,(H,25,32)(H,29,30). The number of benzene rings is 1. The molecule has 0 unspecified atom stereocenters. The SMILES string of the molecule is Cc1nc(CC2CCN(c3cccc4cnccc34)CC2)nc(C(=O)NCC(=O)O)c1O. The number of aryl methyl sites for hydroxylation is 1. The molecule has 0 spiro atoms. The van der Waals surface area contributed by atoms with Gasteiger partial charge in [0.25, 0.3) is 5.91 Å². The molecule has 1 aliphatic heterocycles. The summed E-state index contributed by atoms with van der Waals surface area (Å²) < 4.78 is 0. The van der Waals surface area contributed by atoms with Crippen molar-refractivity contribution in [1.82, 2.24) is 20.3 Å². The van der Waals surface area contributed by atoms with Crippen LogP contribution in [-0.4, -0.2) is 56.7 Å². The first-order chi connectivity index (χ1) is 15.4. The second-order valence-electron chi connectivity index (χ2n) is 8.01. The van der Waals surface area contributed by atoms with Gasteiger partial charge in [0.15, 0.2) is 11.4 Å². The molecule has 0 atom stereocenters. The minimum atomic E-state index is -1.17. The fourth-order valence-corrected chi connectivity index (χ4v) is 4.13. The van der Waals surface area contributed by atoms with Crippen molar-refractivity contribution in [3.63, 3.8) is 0 Å². The molecule has 3 aromatic rings. The van der Waals surface area contributed by atoms with Crippen LogP contribution >= 0.6 is 0 Å². The van der Waals surface area contributed by atoms with Gasteiger partial charge in [0.1, 0.15) is 12.4 Å². The number of carbonyl (C=O) groups excluding carboxylic acids is 1. The lowest BCUT2D eigenvalue weighted by molar-refractivity contribution is -0.135. The van der Waals surface area contributed by atoms with Gasteiger partial charge >= 0.3 is 5.97 Å². The number of nitrogens with zero attached hydrogens (tertiary/aromatic N) is 4. The van der Waals surface area contributed by atoms with Crippen molar-refractivity contribution in [3.05, 3.63) is 53.9 Å². The van der Waals surface area contributed by atoms with E-state index in [9.17, 15) is 14.7 Å². The fraction of sp³-hybridized carbons (Fsp3) is 0.348. The maximum absolute atomic E-state index is 12.2. The molecule has 9 heteroatoms. The zero-order chi connectivity index (χ0) is 22.7. The van der Waals surface area contributed by atoms with Crippen LogP contribution in [0.1, 0.15) is 34.8 Å². The Hall–Kier alpha value is -3.75. The third-order valence-electron chi connectivity index (χ3n) is 5.80. The number of carboxylic acids is 1. The minimum absolute atomic E-state index is 0.185. The number of fused-ring (bicyclic) bond motifs is 1. The number of aromatic hydroxyl groups is 1. The van der Waals surface area contributed by atoms with Gasteiger partial charge in [0.05, 0.1) is 5.69 Å². The molecule has 1 aliphatic rings. The molecule has 166 valence electrons. The van der Waals surface area contributed by atoms with E-state index in [1.54, 1.807) is 6.92 Å². The van der Waals surface area contributed by atoms with Gasteiger partial charge in [-0.3, -0.25) is 14.6 Å². The van der Waals surface area contributed by atoms with E-state index in [4.69, 9.17) is 5.11 Å². The smallest absolute Gasteiger partial charge is 0.322 e.